The van der Waals surface area contributed by atoms with Crippen LogP contribution in [-0.2, 0) is 4.79 Å². The summed E-state index contributed by atoms with van der Waals surface area (Å²) in [6.07, 6.45) is 0. The number of nitrogens with zero attached hydrogens (tertiary/aromatic N) is 2. The van der Waals surface area contributed by atoms with E-state index in [4.69, 9.17) is 0 Å². The lowest BCUT2D eigenvalue weighted by Gasteiger charge is -2.35. The molecule has 3 amide bonds. The Kier molecular flexibility index (Phi) is 6.33. The molecule has 0 spiro atoms. The third-order valence-electron chi connectivity index (χ3n) is 4.14. The number of carbonyl (C=O) groups excluding carboxylic acids is 2. The first kappa shape index (κ1) is 17.7. The van der Waals surface area contributed by atoms with Gasteiger partial charge < -0.3 is 15.1 Å². The predicted octanol–water partition coefficient (Wildman–Crippen LogP) is 2.27. The van der Waals surface area contributed by atoms with Crippen molar-refractivity contribution in [2.24, 2.45) is 0 Å². The molecule has 2 rings (SSSR count). The van der Waals surface area contributed by atoms with Crippen molar-refractivity contribution >= 4 is 23.7 Å². The molecule has 0 saturated carbocycles. The number of rotatable bonds is 4. The fraction of sp³-hybridized carbons (Fsp3) is 0.529. The van der Waals surface area contributed by atoms with Crippen LogP contribution >= 0.6 is 11.8 Å². The second-order valence-corrected chi connectivity index (χ2v) is 6.91. The molecule has 0 aromatic heterocycles. The van der Waals surface area contributed by atoms with Crippen LogP contribution in [0.5, 0.6) is 0 Å². The third kappa shape index (κ3) is 4.64. The quantitative estimate of drug-likeness (QED) is 0.918. The van der Waals surface area contributed by atoms with Crippen LogP contribution in [0.2, 0.25) is 0 Å². The van der Waals surface area contributed by atoms with Crippen LogP contribution in [0, 0.1) is 6.92 Å². The van der Waals surface area contributed by atoms with Gasteiger partial charge >= 0.3 is 6.03 Å². The second-order valence-electron chi connectivity index (χ2n) is 5.76. The summed E-state index contributed by atoms with van der Waals surface area (Å²) in [5.74, 6) is 1.75. The Bertz CT molecular complexity index is 547. The van der Waals surface area contributed by atoms with Crippen LogP contribution in [0.25, 0.3) is 0 Å². The van der Waals surface area contributed by atoms with Crippen molar-refractivity contribution < 1.29 is 9.59 Å². The molecular weight excluding hydrogens is 310 g/mol. The van der Waals surface area contributed by atoms with Gasteiger partial charge in [-0.2, -0.15) is 11.8 Å². The van der Waals surface area contributed by atoms with Crippen LogP contribution < -0.4 is 5.32 Å². The molecule has 1 N–H and O–H groups in total. The number of likely N-dealkylation sites (N-methyl/N-ethyl adjacent to an activating group) is 1. The van der Waals surface area contributed by atoms with Gasteiger partial charge in [0.15, 0.2) is 0 Å². The number of hydrogen-bond donors (Lipinski definition) is 1. The minimum Gasteiger partial charge on any atom is -0.345 e. The van der Waals surface area contributed by atoms with Gasteiger partial charge in [-0.05, 0) is 19.4 Å². The normalized spacial score (nSPS) is 17.7. The first-order chi connectivity index (χ1) is 11.0. The lowest BCUT2D eigenvalue weighted by molar-refractivity contribution is -0.128. The van der Waals surface area contributed by atoms with E-state index in [1.54, 1.807) is 11.9 Å². The molecule has 0 bridgehead atoms. The van der Waals surface area contributed by atoms with Gasteiger partial charge in [-0.15, -0.1) is 0 Å². The zero-order valence-electron chi connectivity index (χ0n) is 14.0. The van der Waals surface area contributed by atoms with Gasteiger partial charge in [-0.3, -0.25) is 4.79 Å². The smallest absolute Gasteiger partial charge is 0.318 e. The van der Waals surface area contributed by atoms with Gasteiger partial charge in [0.05, 0.1) is 12.6 Å². The van der Waals surface area contributed by atoms with E-state index in [-0.39, 0.29) is 24.5 Å². The van der Waals surface area contributed by atoms with E-state index in [1.165, 1.54) is 5.56 Å². The molecule has 0 radical (unpaired) electrons. The number of nitrogens with one attached hydrogen (secondary N) is 1. The maximum atomic E-state index is 12.5. The molecule has 6 heteroatoms. The summed E-state index contributed by atoms with van der Waals surface area (Å²) in [6, 6.07) is 8.22. The van der Waals surface area contributed by atoms with E-state index in [2.05, 4.69) is 36.5 Å². The van der Waals surface area contributed by atoms with Crippen LogP contribution in [-0.4, -0.2) is 59.9 Å². The Labute approximate surface area is 142 Å². The zero-order valence-corrected chi connectivity index (χ0v) is 14.9. The minimum absolute atomic E-state index is 0.0490. The minimum atomic E-state index is -0.159. The van der Waals surface area contributed by atoms with Gasteiger partial charge in [-0.1, -0.05) is 29.8 Å². The zero-order chi connectivity index (χ0) is 16.8. The Morgan fingerprint density at radius 1 is 1.35 bits per heavy atom. The largest absolute Gasteiger partial charge is 0.345 e. The van der Waals surface area contributed by atoms with E-state index in [1.807, 2.05) is 23.6 Å². The number of urea groups is 1. The maximum absolute atomic E-state index is 12.5. The molecule has 0 aliphatic carbocycles. The molecule has 1 aliphatic heterocycles. The molecule has 1 aromatic carbocycles. The van der Waals surface area contributed by atoms with E-state index >= 15 is 0 Å². The Morgan fingerprint density at radius 2 is 2.04 bits per heavy atom. The standard InChI is InChI=1S/C17H25N3O2S/c1-4-19(3)16(21)11-18-17(22)20-9-10-23-12-15(20)14-7-5-13(2)6-8-14/h5-8,15H,4,9-12H2,1-3H3,(H,18,22)/t15-/m1/s1. The average Bonchev–Trinajstić information content (AvgIpc) is 2.59. The molecule has 0 unspecified atom stereocenters. The van der Waals surface area contributed by atoms with Crippen LogP contribution in [0.4, 0.5) is 4.79 Å². The van der Waals surface area contributed by atoms with Crippen LogP contribution in [0.1, 0.15) is 24.1 Å². The highest BCUT2D eigenvalue weighted by molar-refractivity contribution is 7.99. The van der Waals surface area contributed by atoms with Crippen LogP contribution in [0.3, 0.4) is 0 Å². The molecule has 1 aromatic rings. The monoisotopic (exact) mass is 335 g/mol. The molecule has 1 heterocycles. The van der Waals surface area contributed by atoms with Crippen molar-refractivity contribution in [3.05, 3.63) is 35.4 Å². The number of hydrogen-bond acceptors (Lipinski definition) is 3. The topological polar surface area (TPSA) is 52.7 Å². The molecule has 1 fully saturated rings. The second kappa shape index (κ2) is 8.24. The summed E-state index contributed by atoms with van der Waals surface area (Å²) in [7, 11) is 1.74. The molecule has 1 atom stereocenters. The van der Waals surface area contributed by atoms with Gasteiger partial charge in [0.1, 0.15) is 0 Å². The molecule has 1 saturated heterocycles. The summed E-state index contributed by atoms with van der Waals surface area (Å²) in [4.78, 5) is 27.8. The summed E-state index contributed by atoms with van der Waals surface area (Å²) >= 11 is 1.86. The van der Waals surface area contributed by atoms with Crippen molar-refractivity contribution in [1.29, 1.82) is 0 Å². The highest BCUT2D eigenvalue weighted by atomic mass is 32.2. The van der Waals surface area contributed by atoms with Gasteiger partial charge in [0.2, 0.25) is 5.91 Å². The number of carbonyl (C=O) groups is 2. The number of benzene rings is 1. The highest BCUT2D eigenvalue weighted by Gasteiger charge is 2.28. The first-order valence-corrected chi connectivity index (χ1v) is 9.11. The van der Waals surface area contributed by atoms with E-state index in [9.17, 15) is 9.59 Å². The van der Waals surface area contributed by atoms with Crippen molar-refractivity contribution in [1.82, 2.24) is 15.1 Å². The Hall–Kier alpha value is -1.69. The lowest BCUT2D eigenvalue weighted by atomic mass is 10.1. The van der Waals surface area contributed by atoms with E-state index in [0.717, 1.165) is 17.1 Å². The third-order valence-corrected chi connectivity index (χ3v) is 5.17. The molecule has 23 heavy (non-hydrogen) atoms. The van der Waals surface area contributed by atoms with E-state index < -0.39 is 0 Å². The molecule has 1 aliphatic rings. The maximum Gasteiger partial charge on any atom is 0.318 e. The highest BCUT2D eigenvalue weighted by Crippen LogP contribution is 2.29. The molecule has 5 nitrogen and oxygen atoms in total. The lowest BCUT2D eigenvalue weighted by Crippen LogP contribution is -2.48. The van der Waals surface area contributed by atoms with Gasteiger partial charge in [0, 0.05) is 31.6 Å². The fourth-order valence-electron chi connectivity index (χ4n) is 2.48. The summed E-state index contributed by atoms with van der Waals surface area (Å²) < 4.78 is 0. The molecule has 126 valence electrons. The van der Waals surface area contributed by atoms with Crippen LogP contribution in [0.15, 0.2) is 24.3 Å². The van der Waals surface area contributed by atoms with Crippen molar-refractivity contribution in [3.8, 4) is 0 Å². The van der Waals surface area contributed by atoms with Crippen molar-refractivity contribution in [2.45, 2.75) is 19.9 Å². The number of aryl methyl sites for hydroxylation is 1. The van der Waals surface area contributed by atoms with E-state index in [0.29, 0.717) is 13.1 Å². The first-order valence-electron chi connectivity index (χ1n) is 7.95. The number of amides is 3. The average molecular weight is 335 g/mol. The Balaban J connectivity index is 2.01. The van der Waals surface area contributed by atoms with Gasteiger partial charge in [-0.25, -0.2) is 4.79 Å². The van der Waals surface area contributed by atoms with Gasteiger partial charge in [0.25, 0.3) is 0 Å². The number of thioether (sulfide) groups is 1. The van der Waals surface area contributed by atoms with Crippen molar-refractivity contribution in [2.75, 3.05) is 38.2 Å². The SMILES string of the molecule is CCN(C)C(=O)CNC(=O)N1CCSC[C@@H]1c1ccc(C)cc1. The Morgan fingerprint density at radius 3 is 2.70 bits per heavy atom. The van der Waals surface area contributed by atoms with Crippen molar-refractivity contribution in [3.63, 3.8) is 0 Å². The predicted molar refractivity (Wildman–Crippen MR) is 94.7 cm³/mol. The summed E-state index contributed by atoms with van der Waals surface area (Å²) in [6.45, 7) is 5.36. The fourth-order valence-corrected chi connectivity index (χ4v) is 3.56. The summed E-state index contributed by atoms with van der Waals surface area (Å²) in [5.41, 5.74) is 2.36. The summed E-state index contributed by atoms with van der Waals surface area (Å²) in [5, 5.41) is 2.77. The molecular formula is C17H25N3O2S.